The van der Waals surface area contributed by atoms with Gasteiger partial charge in [0.25, 0.3) is 0 Å². The zero-order chi connectivity index (χ0) is 53.9. The van der Waals surface area contributed by atoms with Gasteiger partial charge in [0.05, 0.1) is 11.0 Å². The van der Waals surface area contributed by atoms with Crippen LogP contribution in [0.5, 0.6) is 0 Å². The van der Waals surface area contributed by atoms with Crippen LogP contribution in [0.2, 0.25) is 0 Å². The first-order chi connectivity index (χ1) is 40.6. The number of benzene rings is 12. The molecule has 0 N–H and O–H groups in total. The number of para-hydroxylation sites is 2. The minimum atomic E-state index is -0.140. The number of nitrogens with zero attached hydrogens (tertiary/aromatic N) is 4. The van der Waals surface area contributed by atoms with E-state index in [9.17, 15) is 0 Å². The van der Waals surface area contributed by atoms with Gasteiger partial charge in [0, 0.05) is 67.1 Å². The molecule has 18 rings (SSSR count). The van der Waals surface area contributed by atoms with Crippen molar-refractivity contribution in [2.75, 3.05) is 9.80 Å². The fourth-order valence-electron chi connectivity index (χ4n) is 15.1. The molecule has 0 aliphatic carbocycles. The summed E-state index contributed by atoms with van der Waals surface area (Å²) in [5, 5.41) is 2.56. The summed E-state index contributed by atoms with van der Waals surface area (Å²) in [6.07, 6.45) is 0. The molecule has 6 heterocycles. The van der Waals surface area contributed by atoms with Gasteiger partial charge in [0.2, 0.25) is 0 Å². The Morgan fingerprint density at radius 2 is 0.598 bits per heavy atom. The van der Waals surface area contributed by atoms with Gasteiger partial charge in [0.1, 0.15) is 0 Å². The highest BCUT2D eigenvalue weighted by Crippen LogP contribution is 2.52. The minimum absolute atomic E-state index is 0.140. The standard InChI is InChI=1S/C76H50B2N4/c1-47-29-41-67-71-69(47)59-25-15-27-61-73(59)81(77(71)63-45-55(51-21-11-5-12-22-51)35-43-65(63)79(67)57-37-31-53(32-38-57)49-17-7-3-8-18-49)76-62-28-16-26-60-70-48(2)30-42-68-72(70)78(82(74(60)62)75(61)76)64-46-56(52-23-13-6-14-24-52)36-44-66(64)80(68)58-39-33-54(34-40-58)50-19-9-4-10-20-50/h3-46H,1-2H3. The number of hydrogen-bond acceptors (Lipinski definition) is 2. The molecule has 4 aliphatic heterocycles. The van der Waals surface area contributed by atoms with Gasteiger partial charge in [0.15, 0.2) is 0 Å². The van der Waals surface area contributed by atoms with Crippen molar-refractivity contribution in [1.29, 1.82) is 0 Å². The van der Waals surface area contributed by atoms with Gasteiger partial charge >= 0.3 is 13.7 Å². The van der Waals surface area contributed by atoms with Gasteiger partial charge in [-0.1, -0.05) is 218 Å². The summed E-state index contributed by atoms with van der Waals surface area (Å²) in [5.74, 6) is 0. The molecular weight excluding hydrogens is 990 g/mol. The Bertz CT molecular complexity index is 4670. The molecule has 6 heteroatoms. The number of fused-ring (bicyclic) bond motifs is 13. The first kappa shape index (κ1) is 45.6. The van der Waals surface area contributed by atoms with E-state index in [4.69, 9.17) is 0 Å². The van der Waals surface area contributed by atoms with Crippen molar-refractivity contribution in [3.8, 4) is 66.8 Å². The van der Waals surface area contributed by atoms with Gasteiger partial charge < -0.3 is 18.8 Å². The van der Waals surface area contributed by atoms with Crippen molar-refractivity contribution in [3.63, 3.8) is 0 Å². The zero-order valence-electron chi connectivity index (χ0n) is 45.3. The van der Waals surface area contributed by atoms with Crippen molar-refractivity contribution in [3.05, 3.63) is 278 Å². The van der Waals surface area contributed by atoms with E-state index in [1.165, 1.54) is 155 Å². The molecule has 14 aromatic rings. The summed E-state index contributed by atoms with van der Waals surface area (Å²) in [6, 6.07) is 100. The number of hydrogen-bond donors (Lipinski definition) is 0. The predicted octanol–water partition coefficient (Wildman–Crippen LogP) is 16.9. The van der Waals surface area contributed by atoms with Crippen LogP contribution in [0.1, 0.15) is 11.1 Å². The van der Waals surface area contributed by atoms with Crippen LogP contribution >= 0.6 is 0 Å². The second kappa shape index (κ2) is 17.1. The van der Waals surface area contributed by atoms with E-state index in [1.807, 2.05) is 0 Å². The maximum Gasteiger partial charge on any atom is 0.333 e. The smallest absolute Gasteiger partial charge is 0.333 e. The van der Waals surface area contributed by atoms with Crippen LogP contribution < -0.4 is 31.7 Å². The van der Waals surface area contributed by atoms with Crippen molar-refractivity contribution in [2.24, 2.45) is 0 Å². The van der Waals surface area contributed by atoms with Gasteiger partial charge in [-0.25, -0.2) is 0 Å². The fourth-order valence-corrected chi connectivity index (χ4v) is 15.1. The maximum absolute atomic E-state index is 2.80. The largest absolute Gasteiger partial charge is 0.374 e. The highest BCUT2D eigenvalue weighted by Gasteiger charge is 2.48. The normalized spacial score (nSPS) is 13.1. The van der Waals surface area contributed by atoms with Crippen LogP contribution in [0.4, 0.5) is 34.1 Å². The van der Waals surface area contributed by atoms with Gasteiger partial charge in [-0.15, -0.1) is 0 Å². The van der Waals surface area contributed by atoms with Crippen LogP contribution in [0.3, 0.4) is 0 Å². The first-order valence-electron chi connectivity index (χ1n) is 28.7. The van der Waals surface area contributed by atoms with E-state index in [0.717, 1.165) is 11.4 Å². The molecule has 0 amide bonds. The SMILES string of the molecule is Cc1ccc2c3c1-c1cccc4c1n(c1c5cccc6c5n(c41)B1c4cc(-c5ccccc5)ccc4N(c4ccc(-c5ccccc5)cc4)c4ccc(C)c-6c41)B3c1cc(-c3ccccc3)ccc1N2c1ccc(-c2ccccc2)cc1. The van der Waals surface area contributed by atoms with E-state index in [2.05, 4.69) is 300 Å². The van der Waals surface area contributed by atoms with Gasteiger partial charge in [-0.2, -0.15) is 0 Å². The molecule has 380 valence electrons. The molecular formula is C76H50B2N4. The highest BCUT2D eigenvalue weighted by atomic mass is 15.2. The van der Waals surface area contributed by atoms with Gasteiger partial charge in [-0.3, -0.25) is 0 Å². The third-order valence-electron chi connectivity index (χ3n) is 18.5. The molecule has 4 aliphatic rings. The fraction of sp³-hybridized carbons (Fsp3) is 0.0263. The molecule has 12 aromatic carbocycles. The summed E-state index contributed by atoms with van der Waals surface area (Å²) < 4.78 is 5.59. The van der Waals surface area contributed by atoms with E-state index in [0.29, 0.717) is 0 Å². The highest BCUT2D eigenvalue weighted by molar-refractivity contribution is 6.92. The zero-order valence-corrected chi connectivity index (χ0v) is 45.3. The van der Waals surface area contributed by atoms with E-state index in [-0.39, 0.29) is 13.7 Å². The quantitative estimate of drug-likeness (QED) is 0.154. The van der Waals surface area contributed by atoms with Crippen molar-refractivity contribution >= 4 is 103 Å². The number of aromatic nitrogens is 2. The number of anilines is 6. The lowest BCUT2D eigenvalue weighted by molar-refractivity contribution is 1.25. The molecule has 0 saturated carbocycles. The third kappa shape index (κ3) is 6.24. The Morgan fingerprint density at radius 1 is 0.268 bits per heavy atom. The van der Waals surface area contributed by atoms with Crippen molar-refractivity contribution < 1.29 is 0 Å². The Kier molecular flexibility index (Phi) is 9.51. The average molecular weight is 1040 g/mol. The Morgan fingerprint density at radius 3 is 0.976 bits per heavy atom. The number of rotatable bonds is 6. The lowest BCUT2D eigenvalue weighted by Crippen LogP contribution is -2.57. The molecule has 0 atom stereocenters. The van der Waals surface area contributed by atoms with Crippen molar-refractivity contribution in [1.82, 2.24) is 8.96 Å². The summed E-state index contributed by atoms with van der Waals surface area (Å²) >= 11 is 0. The van der Waals surface area contributed by atoms with E-state index < -0.39 is 0 Å². The van der Waals surface area contributed by atoms with Crippen LogP contribution in [0.15, 0.2) is 267 Å². The van der Waals surface area contributed by atoms with E-state index >= 15 is 0 Å². The Labute approximate surface area is 477 Å². The molecule has 82 heavy (non-hydrogen) atoms. The van der Waals surface area contributed by atoms with E-state index in [1.54, 1.807) is 0 Å². The molecule has 0 fully saturated rings. The van der Waals surface area contributed by atoms with Crippen LogP contribution in [0, 0.1) is 13.8 Å². The molecule has 2 aromatic heterocycles. The van der Waals surface area contributed by atoms with Crippen LogP contribution in [0.25, 0.3) is 99.6 Å². The summed E-state index contributed by atoms with van der Waals surface area (Å²) in [4.78, 5) is 5.08. The monoisotopic (exact) mass is 1040 g/mol. The molecule has 0 bridgehead atoms. The Balaban J connectivity index is 0.928. The number of aryl methyl sites for hydroxylation is 2. The average Bonchev–Trinajstić information content (AvgIpc) is 1.70. The molecule has 0 unspecified atom stereocenters. The molecule has 4 nitrogen and oxygen atoms in total. The topological polar surface area (TPSA) is 16.3 Å². The third-order valence-corrected chi connectivity index (χ3v) is 18.5. The molecule has 0 saturated heterocycles. The first-order valence-corrected chi connectivity index (χ1v) is 28.7. The lowest BCUT2D eigenvalue weighted by Gasteiger charge is -2.41. The summed E-state index contributed by atoms with van der Waals surface area (Å²) in [7, 11) is 0. The van der Waals surface area contributed by atoms with Gasteiger partial charge in [-0.05, 0) is 151 Å². The summed E-state index contributed by atoms with van der Waals surface area (Å²) in [6.45, 7) is 4.37. The van der Waals surface area contributed by atoms with Crippen molar-refractivity contribution in [2.45, 2.75) is 13.8 Å². The maximum atomic E-state index is 2.80. The lowest BCUT2D eigenvalue weighted by atomic mass is 9.44. The molecule has 0 spiro atoms. The minimum Gasteiger partial charge on any atom is -0.374 e. The second-order valence-electron chi connectivity index (χ2n) is 22.8. The molecule has 0 radical (unpaired) electrons. The summed E-state index contributed by atoms with van der Waals surface area (Å²) in [5.41, 5.74) is 35.0. The van der Waals surface area contributed by atoms with Crippen LogP contribution in [-0.2, 0) is 0 Å². The predicted molar refractivity (Wildman–Crippen MR) is 347 cm³/mol. The second-order valence-corrected chi connectivity index (χ2v) is 22.8. The van der Waals surface area contributed by atoms with Crippen LogP contribution in [-0.4, -0.2) is 22.7 Å². The Hall–Kier alpha value is -10.3.